The number of carbonyl (C=O) groups excluding carboxylic acids is 1. The summed E-state index contributed by atoms with van der Waals surface area (Å²) in [5.41, 5.74) is 3.23. The number of carbonyl (C=O) groups is 1. The molecule has 1 unspecified atom stereocenters. The van der Waals surface area contributed by atoms with E-state index in [9.17, 15) is 9.59 Å². The van der Waals surface area contributed by atoms with Gasteiger partial charge in [0.1, 0.15) is 5.65 Å². The second-order valence-electron chi connectivity index (χ2n) is 9.82. The van der Waals surface area contributed by atoms with Crippen LogP contribution >= 0.6 is 0 Å². The summed E-state index contributed by atoms with van der Waals surface area (Å²) in [6, 6.07) is 0. The molecule has 2 aliphatic heterocycles. The predicted molar refractivity (Wildman–Crippen MR) is 123 cm³/mol. The number of aromatic nitrogens is 3. The molecule has 170 valence electrons. The highest BCUT2D eigenvalue weighted by molar-refractivity contribution is 5.83. The fourth-order valence-electron chi connectivity index (χ4n) is 5.50. The zero-order chi connectivity index (χ0) is 22.1. The van der Waals surface area contributed by atoms with Crippen LogP contribution in [-0.4, -0.2) is 63.2 Å². The second-order valence-corrected chi connectivity index (χ2v) is 9.82. The van der Waals surface area contributed by atoms with Crippen molar-refractivity contribution in [1.29, 1.82) is 0 Å². The van der Waals surface area contributed by atoms with Crippen molar-refractivity contribution in [1.82, 2.24) is 24.6 Å². The van der Waals surface area contributed by atoms with Crippen LogP contribution in [-0.2, 0) is 18.3 Å². The maximum Gasteiger partial charge on any atom is 0.253 e. The standard InChI is InChI=1S/C24H37N5O2/c1-16-9-12-28(13-10-16)14-19-6-5-11-29(15-19)21(30)8-7-20-17(2)22-18(3)26-27(4)23(22)25-24(20)31/h16,19H,5-15H2,1-4H3,(H,25,31). The minimum Gasteiger partial charge on any atom is -0.342 e. The van der Waals surface area contributed by atoms with Crippen molar-refractivity contribution in [3.63, 3.8) is 0 Å². The molecule has 1 amide bonds. The van der Waals surface area contributed by atoms with Gasteiger partial charge in [0.05, 0.1) is 5.69 Å². The van der Waals surface area contributed by atoms with E-state index in [-0.39, 0.29) is 11.5 Å². The number of likely N-dealkylation sites (tertiary alicyclic amines) is 2. The van der Waals surface area contributed by atoms with Crippen molar-refractivity contribution in [2.24, 2.45) is 18.9 Å². The zero-order valence-electron chi connectivity index (χ0n) is 19.5. The van der Waals surface area contributed by atoms with Gasteiger partial charge in [0.15, 0.2) is 0 Å². The number of fused-ring (bicyclic) bond motifs is 1. The molecule has 31 heavy (non-hydrogen) atoms. The van der Waals surface area contributed by atoms with Gasteiger partial charge in [-0.15, -0.1) is 0 Å². The molecule has 7 nitrogen and oxygen atoms in total. The number of aryl methyl sites for hydroxylation is 3. The summed E-state index contributed by atoms with van der Waals surface area (Å²) in [7, 11) is 1.84. The van der Waals surface area contributed by atoms with Crippen LogP contribution in [0, 0.1) is 25.7 Å². The Morgan fingerprint density at radius 2 is 1.90 bits per heavy atom. The number of piperidine rings is 2. The van der Waals surface area contributed by atoms with E-state index in [4.69, 9.17) is 0 Å². The predicted octanol–water partition coefficient (Wildman–Crippen LogP) is 2.78. The first kappa shape index (κ1) is 22.1. The number of nitrogens with one attached hydrogen (secondary N) is 1. The molecule has 2 aliphatic rings. The van der Waals surface area contributed by atoms with Crippen LogP contribution in [0.4, 0.5) is 0 Å². The van der Waals surface area contributed by atoms with E-state index in [1.807, 2.05) is 25.8 Å². The Labute approximate surface area is 184 Å². The Balaban J connectivity index is 1.37. The van der Waals surface area contributed by atoms with Crippen LogP contribution in [0.3, 0.4) is 0 Å². The summed E-state index contributed by atoms with van der Waals surface area (Å²) in [6.07, 6.45) is 5.76. The van der Waals surface area contributed by atoms with E-state index in [1.54, 1.807) is 4.68 Å². The van der Waals surface area contributed by atoms with Crippen molar-refractivity contribution in [2.75, 3.05) is 32.7 Å². The monoisotopic (exact) mass is 427 g/mol. The van der Waals surface area contributed by atoms with E-state index in [0.717, 1.165) is 54.3 Å². The highest BCUT2D eigenvalue weighted by atomic mass is 16.2. The molecule has 1 atom stereocenters. The Hall–Kier alpha value is -2.15. The Kier molecular flexibility index (Phi) is 6.51. The summed E-state index contributed by atoms with van der Waals surface area (Å²) in [4.78, 5) is 33.3. The Bertz CT molecular complexity index is 1000. The molecule has 2 saturated heterocycles. The molecule has 2 fully saturated rings. The second kappa shape index (κ2) is 9.15. The van der Waals surface area contributed by atoms with Crippen molar-refractivity contribution >= 4 is 16.9 Å². The maximum absolute atomic E-state index is 13.0. The lowest BCUT2D eigenvalue weighted by atomic mass is 9.94. The third kappa shape index (κ3) is 4.71. The number of H-pyrrole nitrogens is 1. The molecule has 0 spiro atoms. The lowest BCUT2D eigenvalue weighted by molar-refractivity contribution is -0.133. The Morgan fingerprint density at radius 3 is 2.65 bits per heavy atom. The first-order valence-electron chi connectivity index (χ1n) is 11.9. The van der Waals surface area contributed by atoms with E-state index < -0.39 is 0 Å². The highest BCUT2D eigenvalue weighted by Gasteiger charge is 2.27. The zero-order valence-corrected chi connectivity index (χ0v) is 19.5. The highest BCUT2D eigenvalue weighted by Crippen LogP contribution is 2.24. The van der Waals surface area contributed by atoms with Gasteiger partial charge in [-0.05, 0) is 76.4 Å². The van der Waals surface area contributed by atoms with E-state index >= 15 is 0 Å². The van der Waals surface area contributed by atoms with Gasteiger partial charge in [-0.3, -0.25) is 14.3 Å². The van der Waals surface area contributed by atoms with Crippen molar-refractivity contribution in [2.45, 2.75) is 59.3 Å². The Morgan fingerprint density at radius 1 is 1.16 bits per heavy atom. The topological polar surface area (TPSA) is 74.2 Å². The van der Waals surface area contributed by atoms with Crippen LogP contribution in [0.25, 0.3) is 11.0 Å². The minimum atomic E-state index is -0.100. The molecule has 1 N–H and O–H groups in total. The normalized spacial score (nSPS) is 21.2. The number of hydrogen-bond acceptors (Lipinski definition) is 4. The lowest BCUT2D eigenvalue weighted by Crippen LogP contribution is -2.45. The average molecular weight is 428 g/mol. The number of hydrogen-bond donors (Lipinski definition) is 1. The number of nitrogens with zero attached hydrogens (tertiary/aromatic N) is 4. The molecule has 0 aromatic carbocycles. The molecular weight excluding hydrogens is 390 g/mol. The lowest BCUT2D eigenvalue weighted by Gasteiger charge is -2.38. The first-order chi connectivity index (χ1) is 14.8. The van der Waals surface area contributed by atoms with Crippen molar-refractivity contribution in [3.05, 3.63) is 27.2 Å². The van der Waals surface area contributed by atoms with Gasteiger partial charge in [-0.2, -0.15) is 5.10 Å². The molecule has 4 rings (SSSR count). The molecule has 7 heteroatoms. The van der Waals surface area contributed by atoms with Crippen LogP contribution in [0.5, 0.6) is 0 Å². The summed E-state index contributed by atoms with van der Waals surface area (Å²) >= 11 is 0. The molecule has 0 aliphatic carbocycles. The molecule has 0 radical (unpaired) electrons. The van der Waals surface area contributed by atoms with Gasteiger partial charge in [-0.1, -0.05) is 6.92 Å². The van der Waals surface area contributed by atoms with Gasteiger partial charge in [0.25, 0.3) is 5.56 Å². The maximum atomic E-state index is 13.0. The quantitative estimate of drug-likeness (QED) is 0.796. The largest absolute Gasteiger partial charge is 0.342 e. The van der Waals surface area contributed by atoms with Gasteiger partial charge in [0.2, 0.25) is 5.91 Å². The van der Waals surface area contributed by atoms with Crippen LogP contribution < -0.4 is 5.56 Å². The number of pyridine rings is 1. The van der Waals surface area contributed by atoms with E-state index in [2.05, 4.69) is 21.9 Å². The van der Waals surface area contributed by atoms with E-state index in [1.165, 1.54) is 32.4 Å². The summed E-state index contributed by atoms with van der Waals surface area (Å²) < 4.78 is 1.71. The summed E-state index contributed by atoms with van der Waals surface area (Å²) in [5.74, 6) is 1.60. The number of rotatable bonds is 5. The summed E-state index contributed by atoms with van der Waals surface area (Å²) in [5, 5.41) is 5.43. The van der Waals surface area contributed by atoms with Gasteiger partial charge >= 0.3 is 0 Å². The van der Waals surface area contributed by atoms with Gasteiger partial charge in [0, 0.05) is 44.1 Å². The molecule has 0 saturated carbocycles. The first-order valence-corrected chi connectivity index (χ1v) is 11.9. The van der Waals surface area contributed by atoms with Crippen LogP contribution in [0.1, 0.15) is 55.8 Å². The SMILES string of the molecule is Cc1nn(C)c2[nH]c(=O)c(CCC(=O)N3CCCC(CN4CCC(C)CC4)C3)c(C)c12. The van der Waals surface area contributed by atoms with Crippen LogP contribution in [0.15, 0.2) is 4.79 Å². The fraction of sp³-hybridized carbons (Fsp3) is 0.708. The number of aromatic amines is 1. The van der Waals surface area contributed by atoms with Crippen molar-refractivity contribution < 1.29 is 4.79 Å². The number of amides is 1. The molecule has 0 bridgehead atoms. The van der Waals surface area contributed by atoms with E-state index in [0.29, 0.717) is 24.3 Å². The third-order valence-electron chi connectivity index (χ3n) is 7.41. The third-order valence-corrected chi connectivity index (χ3v) is 7.41. The van der Waals surface area contributed by atoms with Crippen molar-refractivity contribution in [3.8, 4) is 0 Å². The van der Waals surface area contributed by atoms with Gasteiger partial charge in [-0.25, -0.2) is 0 Å². The molecule has 2 aromatic rings. The fourth-order valence-corrected chi connectivity index (χ4v) is 5.50. The summed E-state index contributed by atoms with van der Waals surface area (Å²) in [6.45, 7) is 11.5. The molecule has 2 aromatic heterocycles. The molecule has 4 heterocycles. The minimum absolute atomic E-state index is 0.100. The van der Waals surface area contributed by atoms with Crippen LogP contribution in [0.2, 0.25) is 0 Å². The smallest absolute Gasteiger partial charge is 0.253 e. The average Bonchev–Trinajstić information content (AvgIpc) is 3.02. The van der Waals surface area contributed by atoms with Gasteiger partial charge < -0.3 is 14.8 Å². The molecular formula is C24H37N5O2.